The van der Waals surface area contributed by atoms with Crippen LogP contribution in [0.2, 0.25) is 0 Å². The standard InChI is InChI=1S/C17H25N5OS/c1-2-18-17(19-7-5-16-4-3-13-24-16)22-10-8-21(9-11-22)14-15-6-12-23-20-15/h3-4,6,12-13H,2,5,7-11,14H2,1H3,(H,18,19). The van der Waals surface area contributed by atoms with Crippen molar-refractivity contribution in [2.45, 2.75) is 19.9 Å². The van der Waals surface area contributed by atoms with Gasteiger partial charge in [-0.25, -0.2) is 0 Å². The third kappa shape index (κ3) is 4.82. The Morgan fingerprint density at radius 1 is 1.33 bits per heavy atom. The molecule has 0 spiro atoms. The Bertz CT molecular complexity index is 603. The van der Waals surface area contributed by atoms with Crippen molar-refractivity contribution < 1.29 is 4.52 Å². The van der Waals surface area contributed by atoms with Gasteiger partial charge in [0.25, 0.3) is 0 Å². The van der Waals surface area contributed by atoms with Gasteiger partial charge in [-0.15, -0.1) is 11.3 Å². The molecule has 24 heavy (non-hydrogen) atoms. The van der Waals surface area contributed by atoms with Crippen LogP contribution < -0.4 is 5.32 Å². The summed E-state index contributed by atoms with van der Waals surface area (Å²) in [6.07, 6.45) is 2.65. The van der Waals surface area contributed by atoms with Crippen molar-refractivity contribution in [3.8, 4) is 0 Å². The highest BCUT2D eigenvalue weighted by Crippen LogP contribution is 2.10. The largest absolute Gasteiger partial charge is 0.364 e. The molecule has 0 bridgehead atoms. The number of hydrogen-bond donors (Lipinski definition) is 1. The van der Waals surface area contributed by atoms with E-state index >= 15 is 0 Å². The third-order valence-corrected chi connectivity index (χ3v) is 5.02. The fraction of sp³-hybridized carbons (Fsp3) is 0.529. The number of aromatic nitrogens is 1. The van der Waals surface area contributed by atoms with Gasteiger partial charge in [-0.3, -0.25) is 9.89 Å². The quantitative estimate of drug-likeness (QED) is 0.640. The number of thiophene rings is 1. The van der Waals surface area contributed by atoms with Gasteiger partial charge >= 0.3 is 0 Å². The zero-order valence-corrected chi connectivity index (χ0v) is 15.0. The van der Waals surface area contributed by atoms with Crippen molar-refractivity contribution in [3.63, 3.8) is 0 Å². The lowest BCUT2D eigenvalue weighted by Gasteiger charge is -2.36. The molecule has 1 aliphatic heterocycles. The summed E-state index contributed by atoms with van der Waals surface area (Å²) in [5.41, 5.74) is 1.000. The van der Waals surface area contributed by atoms with Gasteiger partial charge in [0.05, 0.1) is 5.69 Å². The number of hydrogen-bond acceptors (Lipinski definition) is 5. The van der Waals surface area contributed by atoms with E-state index in [0.29, 0.717) is 0 Å². The Morgan fingerprint density at radius 3 is 2.88 bits per heavy atom. The molecule has 0 aliphatic carbocycles. The number of nitrogens with zero attached hydrogens (tertiary/aromatic N) is 4. The molecule has 1 saturated heterocycles. The van der Waals surface area contributed by atoms with Gasteiger partial charge in [0.15, 0.2) is 5.96 Å². The molecule has 6 nitrogen and oxygen atoms in total. The fourth-order valence-electron chi connectivity index (χ4n) is 2.82. The fourth-order valence-corrected chi connectivity index (χ4v) is 3.52. The minimum Gasteiger partial charge on any atom is -0.364 e. The second-order valence-electron chi connectivity index (χ2n) is 5.82. The normalized spacial score (nSPS) is 16.5. The van der Waals surface area contributed by atoms with E-state index in [-0.39, 0.29) is 0 Å². The molecular weight excluding hydrogens is 322 g/mol. The van der Waals surface area contributed by atoms with E-state index in [1.807, 2.05) is 6.07 Å². The van der Waals surface area contributed by atoms with Crippen molar-refractivity contribution in [3.05, 3.63) is 40.4 Å². The highest BCUT2D eigenvalue weighted by atomic mass is 32.1. The van der Waals surface area contributed by atoms with Crippen molar-refractivity contribution in [1.29, 1.82) is 0 Å². The summed E-state index contributed by atoms with van der Waals surface area (Å²) in [6.45, 7) is 8.72. The molecule has 3 rings (SSSR count). The Labute approximate surface area is 147 Å². The predicted molar refractivity (Wildman–Crippen MR) is 97.4 cm³/mol. The number of rotatable bonds is 6. The molecule has 2 aromatic heterocycles. The van der Waals surface area contributed by atoms with Crippen LogP contribution in [0.15, 0.2) is 39.4 Å². The lowest BCUT2D eigenvalue weighted by molar-refractivity contribution is 0.169. The van der Waals surface area contributed by atoms with Crippen LogP contribution in [0.25, 0.3) is 0 Å². The Hall–Kier alpha value is -1.86. The number of guanidine groups is 1. The topological polar surface area (TPSA) is 56.9 Å². The minimum absolute atomic E-state index is 0.835. The molecule has 1 aliphatic rings. The molecule has 2 aromatic rings. The van der Waals surface area contributed by atoms with Crippen molar-refractivity contribution in [2.75, 3.05) is 39.3 Å². The van der Waals surface area contributed by atoms with Crippen LogP contribution >= 0.6 is 11.3 Å². The van der Waals surface area contributed by atoms with Crippen LogP contribution in [-0.2, 0) is 13.0 Å². The first-order valence-electron chi connectivity index (χ1n) is 8.52. The summed E-state index contributed by atoms with van der Waals surface area (Å²) >= 11 is 1.80. The lowest BCUT2D eigenvalue weighted by Crippen LogP contribution is -2.52. The first-order chi connectivity index (χ1) is 11.8. The molecule has 1 fully saturated rings. The van der Waals surface area contributed by atoms with Gasteiger partial charge in [0, 0.05) is 63.2 Å². The smallest absolute Gasteiger partial charge is 0.194 e. The Balaban J connectivity index is 1.49. The predicted octanol–water partition coefficient (Wildman–Crippen LogP) is 2.06. The van der Waals surface area contributed by atoms with E-state index in [4.69, 9.17) is 9.52 Å². The highest BCUT2D eigenvalue weighted by Gasteiger charge is 2.20. The second-order valence-corrected chi connectivity index (χ2v) is 6.85. The summed E-state index contributed by atoms with van der Waals surface area (Å²) in [4.78, 5) is 11.0. The van der Waals surface area contributed by atoms with E-state index < -0.39 is 0 Å². The highest BCUT2D eigenvalue weighted by molar-refractivity contribution is 7.09. The lowest BCUT2D eigenvalue weighted by atomic mass is 10.3. The summed E-state index contributed by atoms with van der Waals surface area (Å²) < 4.78 is 4.91. The molecule has 130 valence electrons. The molecule has 7 heteroatoms. The van der Waals surface area contributed by atoms with E-state index in [2.05, 4.69) is 44.7 Å². The molecule has 0 unspecified atom stereocenters. The van der Waals surface area contributed by atoms with Crippen LogP contribution in [-0.4, -0.2) is 60.2 Å². The van der Waals surface area contributed by atoms with Crippen LogP contribution in [0.1, 0.15) is 17.5 Å². The summed E-state index contributed by atoms with van der Waals surface area (Å²) in [5.74, 6) is 1.04. The van der Waals surface area contributed by atoms with E-state index in [1.54, 1.807) is 17.6 Å². The SMILES string of the molecule is CCNC(=NCCc1cccs1)N1CCN(Cc2ccon2)CC1. The van der Waals surface area contributed by atoms with Gasteiger partial charge in [-0.1, -0.05) is 11.2 Å². The van der Waals surface area contributed by atoms with Gasteiger partial charge in [-0.2, -0.15) is 0 Å². The summed E-state index contributed by atoms with van der Waals surface area (Å²) in [7, 11) is 0. The minimum atomic E-state index is 0.835. The second kappa shape index (κ2) is 8.84. The molecule has 0 atom stereocenters. The van der Waals surface area contributed by atoms with E-state index in [0.717, 1.165) is 63.9 Å². The molecule has 0 radical (unpaired) electrons. The van der Waals surface area contributed by atoms with Crippen LogP contribution in [0, 0.1) is 0 Å². The molecule has 3 heterocycles. The maximum absolute atomic E-state index is 4.91. The Kier molecular flexibility index (Phi) is 6.26. The van der Waals surface area contributed by atoms with E-state index in [1.165, 1.54) is 4.88 Å². The van der Waals surface area contributed by atoms with Crippen molar-refractivity contribution in [1.82, 2.24) is 20.3 Å². The molecule has 0 amide bonds. The first kappa shape index (κ1) is 17.0. The number of nitrogens with one attached hydrogen (secondary N) is 1. The van der Waals surface area contributed by atoms with Crippen LogP contribution in [0.3, 0.4) is 0 Å². The van der Waals surface area contributed by atoms with Crippen molar-refractivity contribution >= 4 is 17.3 Å². The van der Waals surface area contributed by atoms with Gasteiger partial charge < -0.3 is 14.7 Å². The zero-order valence-electron chi connectivity index (χ0n) is 14.1. The van der Waals surface area contributed by atoms with Crippen molar-refractivity contribution in [2.24, 2.45) is 4.99 Å². The molecule has 0 aromatic carbocycles. The maximum atomic E-state index is 4.91. The first-order valence-corrected chi connectivity index (χ1v) is 9.40. The third-order valence-electron chi connectivity index (χ3n) is 4.08. The van der Waals surface area contributed by atoms with E-state index in [9.17, 15) is 0 Å². The number of aliphatic imine (C=N–C) groups is 1. The molecule has 1 N–H and O–H groups in total. The number of piperazine rings is 1. The van der Waals surface area contributed by atoms with Crippen LogP contribution in [0.4, 0.5) is 0 Å². The van der Waals surface area contributed by atoms with Gasteiger partial charge in [0.1, 0.15) is 6.26 Å². The molecule has 0 saturated carbocycles. The summed E-state index contributed by atoms with van der Waals surface area (Å²) in [6, 6.07) is 6.21. The average Bonchev–Trinajstić information content (AvgIpc) is 3.29. The zero-order chi connectivity index (χ0) is 16.6. The van der Waals surface area contributed by atoms with Gasteiger partial charge in [-0.05, 0) is 18.4 Å². The molecular formula is C17H25N5OS. The maximum Gasteiger partial charge on any atom is 0.194 e. The van der Waals surface area contributed by atoms with Gasteiger partial charge in [0.2, 0.25) is 0 Å². The Morgan fingerprint density at radius 2 is 2.21 bits per heavy atom. The van der Waals surface area contributed by atoms with Crippen LogP contribution in [0.5, 0.6) is 0 Å². The average molecular weight is 347 g/mol. The summed E-state index contributed by atoms with van der Waals surface area (Å²) in [5, 5.41) is 9.54. The monoisotopic (exact) mass is 347 g/mol.